The van der Waals surface area contributed by atoms with Gasteiger partial charge in [0.05, 0.1) is 0 Å². The van der Waals surface area contributed by atoms with Crippen molar-refractivity contribution in [3.63, 3.8) is 0 Å². The number of hydrogen-bond donors (Lipinski definition) is 2. The van der Waals surface area contributed by atoms with Crippen LogP contribution in [-0.2, 0) is 4.79 Å². The Labute approximate surface area is 121 Å². The maximum Gasteiger partial charge on any atom is 0.244 e. The molecular weight excluding hydrogens is 248 g/mol. The Hall–Kier alpha value is -1.77. The van der Waals surface area contributed by atoms with Crippen molar-refractivity contribution in [3.8, 4) is 0 Å². The maximum absolute atomic E-state index is 11.9. The van der Waals surface area contributed by atoms with Crippen LogP contribution < -0.4 is 11.1 Å². The summed E-state index contributed by atoms with van der Waals surface area (Å²) >= 11 is 0. The molecule has 1 aliphatic carbocycles. The third kappa shape index (κ3) is 4.41. The lowest BCUT2D eigenvalue weighted by Crippen LogP contribution is -2.39. The van der Waals surface area contributed by atoms with Crippen LogP contribution in [0.2, 0.25) is 0 Å². The van der Waals surface area contributed by atoms with Crippen molar-refractivity contribution < 1.29 is 4.79 Å². The van der Waals surface area contributed by atoms with Gasteiger partial charge in [0, 0.05) is 17.8 Å². The largest absolute Gasteiger partial charge is 0.399 e. The summed E-state index contributed by atoms with van der Waals surface area (Å²) in [4.78, 5) is 11.9. The average Bonchev–Trinajstić information content (AvgIpc) is 2.37. The first-order chi connectivity index (χ1) is 9.44. The fourth-order valence-electron chi connectivity index (χ4n) is 2.85. The second-order valence-corrected chi connectivity index (χ2v) is 6.47. The van der Waals surface area contributed by atoms with E-state index in [0.717, 1.165) is 24.1 Å². The third-order valence-electron chi connectivity index (χ3n) is 3.92. The second kappa shape index (κ2) is 6.12. The molecule has 1 aliphatic rings. The Bertz CT molecular complexity index is 488. The number of carbonyl (C=O) groups is 1. The van der Waals surface area contributed by atoms with E-state index in [9.17, 15) is 4.79 Å². The van der Waals surface area contributed by atoms with Gasteiger partial charge in [0.25, 0.3) is 0 Å². The molecule has 1 amide bonds. The molecule has 108 valence electrons. The Morgan fingerprint density at radius 3 is 2.70 bits per heavy atom. The molecule has 1 saturated carbocycles. The third-order valence-corrected chi connectivity index (χ3v) is 3.92. The van der Waals surface area contributed by atoms with E-state index in [4.69, 9.17) is 5.73 Å². The van der Waals surface area contributed by atoms with Gasteiger partial charge >= 0.3 is 0 Å². The number of anilines is 1. The average molecular weight is 272 g/mol. The number of carbonyl (C=O) groups excluding carboxylic acids is 1. The molecule has 0 aromatic heterocycles. The predicted molar refractivity (Wildman–Crippen MR) is 84.1 cm³/mol. The quantitative estimate of drug-likeness (QED) is 0.655. The van der Waals surface area contributed by atoms with Crippen LogP contribution in [0.15, 0.2) is 30.3 Å². The van der Waals surface area contributed by atoms with E-state index in [-0.39, 0.29) is 5.91 Å². The van der Waals surface area contributed by atoms with Gasteiger partial charge < -0.3 is 11.1 Å². The smallest absolute Gasteiger partial charge is 0.244 e. The molecule has 0 radical (unpaired) electrons. The van der Waals surface area contributed by atoms with E-state index in [1.54, 1.807) is 6.08 Å². The van der Waals surface area contributed by atoms with Crippen molar-refractivity contribution in [1.29, 1.82) is 0 Å². The fourth-order valence-corrected chi connectivity index (χ4v) is 2.85. The summed E-state index contributed by atoms with van der Waals surface area (Å²) in [5.74, 6) is -0.00970. The summed E-state index contributed by atoms with van der Waals surface area (Å²) < 4.78 is 0. The summed E-state index contributed by atoms with van der Waals surface area (Å²) in [6.07, 6.45) is 8.02. The molecule has 0 aliphatic heterocycles. The SMILES string of the molecule is CC1(C)CCCC(NC(=O)/C=C/c2ccc(N)cc2)C1. The lowest BCUT2D eigenvalue weighted by Gasteiger charge is -2.35. The minimum absolute atomic E-state index is 0.00970. The highest BCUT2D eigenvalue weighted by atomic mass is 16.1. The molecule has 0 heterocycles. The van der Waals surface area contributed by atoms with Gasteiger partial charge in [-0.1, -0.05) is 32.4 Å². The highest BCUT2D eigenvalue weighted by Crippen LogP contribution is 2.35. The van der Waals surface area contributed by atoms with Gasteiger partial charge in [-0.2, -0.15) is 0 Å². The van der Waals surface area contributed by atoms with Crippen LogP contribution in [0.1, 0.15) is 45.1 Å². The first kappa shape index (κ1) is 14.6. The zero-order valence-corrected chi connectivity index (χ0v) is 12.4. The number of amides is 1. The van der Waals surface area contributed by atoms with Gasteiger partial charge in [-0.05, 0) is 48.4 Å². The van der Waals surface area contributed by atoms with Crippen molar-refractivity contribution >= 4 is 17.7 Å². The Kier molecular flexibility index (Phi) is 4.48. The number of nitrogen functional groups attached to an aromatic ring is 1. The molecule has 0 spiro atoms. The Morgan fingerprint density at radius 2 is 2.05 bits per heavy atom. The van der Waals surface area contributed by atoms with Crippen LogP contribution >= 0.6 is 0 Å². The fraction of sp³-hybridized carbons (Fsp3) is 0.471. The zero-order valence-electron chi connectivity index (χ0n) is 12.4. The highest BCUT2D eigenvalue weighted by Gasteiger charge is 2.28. The number of rotatable bonds is 3. The number of benzene rings is 1. The molecule has 1 atom stereocenters. The van der Waals surface area contributed by atoms with E-state index in [2.05, 4.69) is 19.2 Å². The lowest BCUT2D eigenvalue weighted by molar-refractivity contribution is -0.117. The van der Waals surface area contributed by atoms with Crippen LogP contribution in [0, 0.1) is 5.41 Å². The normalized spacial score (nSPS) is 21.8. The predicted octanol–water partition coefficient (Wildman–Crippen LogP) is 3.37. The van der Waals surface area contributed by atoms with Crippen LogP contribution in [0.4, 0.5) is 5.69 Å². The van der Waals surface area contributed by atoms with Gasteiger partial charge in [0.15, 0.2) is 0 Å². The van der Waals surface area contributed by atoms with Gasteiger partial charge in [0.1, 0.15) is 0 Å². The number of hydrogen-bond acceptors (Lipinski definition) is 2. The molecule has 2 rings (SSSR count). The zero-order chi connectivity index (χ0) is 14.6. The maximum atomic E-state index is 11.9. The van der Waals surface area contributed by atoms with Gasteiger partial charge in [-0.15, -0.1) is 0 Å². The summed E-state index contributed by atoms with van der Waals surface area (Å²) in [6, 6.07) is 7.79. The van der Waals surface area contributed by atoms with Gasteiger partial charge in [0.2, 0.25) is 5.91 Å². The molecule has 1 aromatic carbocycles. The van der Waals surface area contributed by atoms with Crippen molar-refractivity contribution in [2.45, 2.75) is 45.6 Å². The minimum Gasteiger partial charge on any atom is -0.399 e. The van der Waals surface area contributed by atoms with Gasteiger partial charge in [-0.25, -0.2) is 0 Å². The van der Waals surface area contributed by atoms with Crippen molar-refractivity contribution in [2.75, 3.05) is 5.73 Å². The molecule has 1 unspecified atom stereocenters. The highest BCUT2D eigenvalue weighted by molar-refractivity contribution is 5.91. The summed E-state index contributed by atoms with van der Waals surface area (Å²) in [7, 11) is 0. The monoisotopic (exact) mass is 272 g/mol. The van der Waals surface area contributed by atoms with E-state index in [1.807, 2.05) is 30.3 Å². The van der Waals surface area contributed by atoms with E-state index >= 15 is 0 Å². The van der Waals surface area contributed by atoms with Crippen molar-refractivity contribution in [2.24, 2.45) is 5.41 Å². The van der Waals surface area contributed by atoms with Crippen LogP contribution in [0.25, 0.3) is 6.08 Å². The number of nitrogens with one attached hydrogen (secondary N) is 1. The summed E-state index contributed by atoms with van der Waals surface area (Å²) in [5.41, 5.74) is 7.69. The standard InChI is InChI=1S/C17H24N2O/c1-17(2)11-3-4-15(12-17)19-16(20)10-7-13-5-8-14(18)9-6-13/h5-10,15H,3-4,11-12,18H2,1-2H3,(H,19,20)/b10-7+. The first-order valence-corrected chi connectivity index (χ1v) is 7.29. The van der Waals surface area contributed by atoms with Gasteiger partial charge in [-0.3, -0.25) is 4.79 Å². The van der Waals surface area contributed by atoms with E-state index < -0.39 is 0 Å². The Morgan fingerprint density at radius 1 is 1.35 bits per heavy atom. The molecule has 3 nitrogen and oxygen atoms in total. The van der Waals surface area contributed by atoms with Crippen LogP contribution in [-0.4, -0.2) is 11.9 Å². The molecule has 1 aromatic rings. The lowest BCUT2D eigenvalue weighted by atomic mass is 9.75. The molecule has 0 bridgehead atoms. The van der Waals surface area contributed by atoms with Crippen molar-refractivity contribution in [3.05, 3.63) is 35.9 Å². The Balaban J connectivity index is 1.87. The summed E-state index contributed by atoms with van der Waals surface area (Å²) in [5, 5.41) is 3.11. The molecule has 0 saturated heterocycles. The summed E-state index contributed by atoms with van der Waals surface area (Å²) in [6.45, 7) is 4.55. The van der Waals surface area contributed by atoms with Crippen LogP contribution in [0.5, 0.6) is 0 Å². The van der Waals surface area contributed by atoms with E-state index in [0.29, 0.717) is 11.5 Å². The van der Waals surface area contributed by atoms with E-state index in [1.165, 1.54) is 12.8 Å². The first-order valence-electron chi connectivity index (χ1n) is 7.29. The molecular formula is C17H24N2O. The molecule has 20 heavy (non-hydrogen) atoms. The van der Waals surface area contributed by atoms with Crippen molar-refractivity contribution in [1.82, 2.24) is 5.32 Å². The van der Waals surface area contributed by atoms with Crippen LogP contribution in [0.3, 0.4) is 0 Å². The molecule has 3 heteroatoms. The molecule has 3 N–H and O–H groups in total. The topological polar surface area (TPSA) is 55.1 Å². The number of nitrogens with two attached hydrogens (primary N) is 1. The second-order valence-electron chi connectivity index (χ2n) is 6.47. The molecule has 1 fully saturated rings. The minimum atomic E-state index is -0.00970.